The van der Waals surface area contributed by atoms with Crippen LogP contribution < -0.4 is 22.3 Å². The summed E-state index contributed by atoms with van der Waals surface area (Å²) in [5.41, 5.74) is 1.68. The highest BCUT2D eigenvalue weighted by atomic mass is 35.5. The van der Waals surface area contributed by atoms with E-state index in [1.54, 1.807) is 29.0 Å². The van der Waals surface area contributed by atoms with Gasteiger partial charge in [-0.1, -0.05) is 36.7 Å². The van der Waals surface area contributed by atoms with E-state index in [9.17, 15) is 4.79 Å². The Kier molecular flexibility index (Phi) is 5.39. The first-order valence-corrected chi connectivity index (χ1v) is 9.36. The number of fused-ring (bicyclic) bond motifs is 1. The number of carbonyl (C=O) groups excluding carboxylic acids is 1. The molecule has 1 aliphatic carbocycles. The maximum atomic E-state index is 12.4. The molecule has 3 aromatic heterocycles. The Hall–Kier alpha value is -1.92. The first-order valence-electron chi connectivity index (χ1n) is 8.48. The van der Waals surface area contributed by atoms with Gasteiger partial charge in [-0.15, -0.1) is 4.57 Å². The highest BCUT2D eigenvalue weighted by molar-refractivity contribution is 7.14. The Morgan fingerprint density at radius 3 is 2.80 bits per heavy atom. The van der Waals surface area contributed by atoms with Crippen LogP contribution in [-0.4, -0.2) is 21.3 Å². The molecule has 3 heterocycles. The number of nitrogens with one attached hydrogen (secondary N) is 1. The molecule has 0 spiro atoms. The zero-order chi connectivity index (χ0) is 16.5. The van der Waals surface area contributed by atoms with E-state index in [2.05, 4.69) is 14.7 Å². The molecule has 7 heteroatoms. The molecule has 0 unspecified atom stereocenters. The average Bonchev–Trinajstić information content (AvgIpc) is 3.18. The number of halogens is 1. The number of hydrogen-bond acceptors (Lipinski definition) is 4. The Morgan fingerprint density at radius 2 is 2.12 bits per heavy atom. The van der Waals surface area contributed by atoms with E-state index in [4.69, 9.17) is 0 Å². The lowest BCUT2D eigenvalue weighted by atomic mass is 9.95. The van der Waals surface area contributed by atoms with Crippen LogP contribution in [0.4, 0.5) is 5.82 Å². The highest BCUT2D eigenvalue weighted by Gasteiger charge is 2.32. The van der Waals surface area contributed by atoms with Gasteiger partial charge in [0.15, 0.2) is 0 Å². The number of nitrogens with zero attached hydrogens (tertiary/aromatic N) is 3. The minimum absolute atomic E-state index is 0. The second-order valence-electron chi connectivity index (χ2n) is 6.30. The van der Waals surface area contributed by atoms with Crippen molar-refractivity contribution in [3.8, 4) is 11.4 Å². The lowest BCUT2D eigenvalue weighted by molar-refractivity contribution is -0.529. The van der Waals surface area contributed by atoms with Crippen molar-refractivity contribution in [1.82, 2.24) is 9.38 Å². The summed E-state index contributed by atoms with van der Waals surface area (Å²) in [5.74, 6) is 0.986. The molecule has 0 saturated heterocycles. The van der Waals surface area contributed by atoms with Gasteiger partial charge < -0.3 is 17.7 Å². The van der Waals surface area contributed by atoms with Crippen molar-refractivity contribution >= 4 is 28.0 Å². The second-order valence-corrected chi connectivity index (χ2v) is 7.17. The summed E-state index contributed by atoms with van der Waals surface area (Å²) in [6, 6.07) is 6.28. The first kappa shape index (κ1) is 17.9. The quantitative estimate of drug-likeness (QED) is 0.687. The zero-order valence-electron chi connectivity index (χ0n) is 14.1. The fraction of sp³-hybridized carbons (Fsp3) is 0.389. The summed E-state index contributed by atoms with van der Waals surface area (Å²) in [5, 5.41) is 5.73. The third kappa shape index (κ3) is 3.28. The van der Waals surface area contributed by atoms with Crippen molar-refractivity contribution in [3.63, 3.8) is 0 Å². The number of aromatic nitrogens is 3. The predicted octanol–water partition coefficient (Wildman–Crippen LogP) is 0.759. The number of rotatable bonds is 3. The van der Waals surface area contributed by atoms with Crippen molar-refractivity contribution in [2.75, 3.05) is 5.32 Å². The molecule has 4 rings (SSSR count). The normalized spacial score (nSPS) is 15.1. The predicted molar refractivity (Wildman–Crippen MR) is 95.5 cm³/mol. The highest BCUT2D eigenvalue weighted by Crippen LogP contribution is 2.30. The Bertz CT molecular complexity index is 868. The average molecular weight is 377 g/mol. The zero-order valence-corrected chi connectivity index (χ0v) is 15.7. The van der Waals surface area contributed by atoms with Crippen molar-refractivity contribution in [2.45, 2.75) is 45.1 Å². The molecule has 1 aliphatic rings. The van der Waals surface area contributed by atoms with Gasteiger partial charge in [-0.05, 0) is 25.0 Å². The van der Waals surface area contributed by atoms with Gasteiger partial charge in [-0.2, -0.15) is 4.40 Å². The fourth-order valence-corrected chi connectivity index (χ4v) is 4.42. The van der Waals surface area contributed by atoms with Crippen LogP contribution in [0.2, 0.25) is 0 Å². The number of anilines is 1. The number of thiazole rings is 1. The van der Waals surface area contributed by atoms with Crippen LogP contribution in [0.25, 0.3) is 16.3 Å². The largest absolute Gasteiger partial charge is 1.00 e. The van der Waals surface area contributed by atoms with E-state index in [0.29, 0.717) is 6.04 Å². The van der Waals surface area contributed by atoms with Gasteiger partial charge in [0, 0.05) is 24.5 Å². The molecule has 0 bridgehead atoms. The lowest BCUT2D eigenvalue weighted by Crippen LogP contribution is -3.00. The van der Waals surface area contributed by atoms with Gasteiger partial charge >= 0.3 is 10.9 Å². The molecule has 0 atom stereocenters. The molecule has 3 aromatic rings. The fourth-order valence-electron chi connectivity index (χ4n) is 3.53. The van der Waals surface area contributed by atoms with Gasteiger partial charge in [-0.25, -0.2) is 4.79 Å². The van der Waals surface area contributed by atoms with E-state index in [1.165, 1.54) is 32.1 Å². The standard InChI is InChI=1S/C18H21N4OS.ClH/c1-13(23)22-16(15-9-5-6-10-19-15)17(21-11-12-24-18(21)22)20-14-7-3-2-4-8-14;/h5-6,9-12,14,20H,2-4,7-8H2,1H3;1H/q+1;/p-1. The van der Waals surface area contributed by atoms with Crippen molar-refractivity contribution in [2.24, 2.45) is 0 Å². The summed E-state index contributed by atoms with van der Waals surface area (Å²) in [7, 11) is 0. The third-order valence-corrected chi connectivity index (χ3v) is 5.49. The molecule has 0 amide bonds. The first-order chi connectivity index (χ1) is 11.8. The van der Waals surface area contributed by atoms with Crippen LogP contribution in [-0.2, 0) is 0 Å². The van der Waals surface area contributed by atoms with Gasteiger partial charge in [0.2, 0.25) is 5.69 Å². The van der Waals surface area contributed by atoms with Crippen LogP contribution in [0.3, 0.4) is 0 Å². The van der Waals surface area contributed by atoms with Crippen LogP contribution in [0.15, 0.2) is 36.0 Å². The molecule has 5 nitrogen and oxygen atoms in total. The molecule has 0 aliphatic heterocycles. The SMILES string of the molecule is CC(=O)[n+]1c(-c2ccccn2)c(NC2CCCCC2)n2ccsc21.[Cl-]. The third-order valence-electron chi connectivity index (χ3n) is 4.64. The molecule has 132 valence electrons. The molecule has 0 aromatic carbocycles. The van der Waals surface area contributed by atoms with Crippen LogP contribution in [0.5, 0.6) is 0 Å². The van der Waals surface area contributed by atoms with Crippen LogP contribution >= 0.6 is 11.3 Å². The number of carbonyl (C=O) groups is 1. The Labute approximate surface area is 157 Å². The van der Waals surface area contributed by atoms with Gasteiger partial charge in [-0.3, -0.25) is 4.98 Å². The van der Waals surface area contributed by atoms with E-state index in [1.807, 2.05) is 29.8 Å². The molecular formula is C18H21ClN4OS. The van der Waals surface area contributed by atoms with Gasteiger partial charge in [0.1, 0.15) is 11.9 Å². The smallest absolute Gasteiger partial charge is 0.355 e. The molecule has 1 saturated carbocycles. The number of pyridine rings is 1. The lowest BCUT2D eigenvalue weighted by Gasteiger charge is -2.22. The molecule has 1 fully saturated rings. The van der Waals surface area contributed by atoms with E-state index >= 15 is 0 Å². The second kappa shape index (κ2) is 7.54. The van der Waals surface area contributed by atoms with Crippen LogP contribution in [0, 0.1) is 0 Å². The van der Waals surface area contributed by atoms with Crippen molar-refractivity contribution in [3.05, 3.63) is 36.0 Å². The molecular weight excluding hydrogens is 356 g/mol. The summed E-state index contributed by atoms with van der Waals surface area (Å²) in [4.78, 5) is 17.8. The van der Waals surface area contributed by atoms with E-state index < -0.39 is 0 Å². The monoisotopic (exact) mass is 376 g/mol. The molecule has 1 N–H and O–H groups in total. The summed E-state index contributed by atoms with van der Waals surface area (Å²) < 4.78 is 3.86. The summed E-state index contributed by atoms with van der Waals surface area (Å²) in [6.07, 6.45) is 10.0. The molecule has 0 radical (unpaired) electrons. The number of imidazole rings is 1. The van der Waals surface area contributed by atoms with Crippen molar-refractivity contribution < 1.29 is 21.8 Å². The molecule has 25 heavy (non-hydrogen) atoms. The van der Waals surface area contributed by atoms with Gasteiger partial charge in [0.25, 0.3) is 5.82 Å². The van der Waals surface area contributed by atoms with Crippen molar-refractivity contribution in [1.29, 1.82) is 0 Å². The maximum absolute atomic E-state index is 12.4. The Balaban J connectivity index is 0.00000182. The topological polar surface area (TPSA) is 50.3 Å². The minimum Gasteiger partial charge on any atom is -1.00 e. The summed E-state index contributed by atoms with van der Waals surface area (Å²) in [6.45, 7) is 1.61. The van der Waals surface area contributed by atoms with Crippen LogP contribution in [0.1, 0.15) is 43.8 Å². The van der Waals surface area contributed by atoms with E-state index in [-0.39, 0.29) is 18.3 Å². The van der Waals surface area contributed by atoms with Gasteiger partial charge in [0.05, 0.1) is 0 Å². The summed E-state index contributed by atoms with van der Waals surface area (Å²) >= 11 is 1.57. The maximum Gasteiger partial charge on any atom is 0.355 e. The minimum atomic E-state index is 0. The Morgan fingerprint density at radius 1 is 1.32 bits per heavy atom. The van der Waals surface area contributed by atoms with E-state index in [0.717, 1.165) is 22.2 Å². The number of hydrogen-bond donors (Lipinski definition) is 1.